The van der Waals surface area contributed by atoms with E-state index in [0.29, 0.717) is 0 Å². The molecule has 0 saturated carbocycles. The second-order valence-electron chi connectivity index (χ2n) is 24.3. The second kappa shape index (κ2) is 14.0. The van der Waals surface area contributed by atoms with E-state index in [1.165, 1.54) is 106 Å². The molecule has 3 nitrogen and oxygen atoms in total. The van der Waals surface area contributed by atoms with Crippen molar-refractivity contribution < 1.29 is 4.42 Å². The molecule has 0 saturated heterocycles. The van der Waals surface area contributed by atoms with Gasteiger partial charge in [-0.15, -0.1) is 0 Å². The van der Waals surface area contributed by atoms with Gasteiger partial charge in [-0.05, 0) is 139 Å². The Hall–Kier alpha value is -6.78. The minimum atomic E-state index is -0.237. The van der Waals surface area contributed by atoms with Gasteiger partial charge in [0.15, 0.2) is 5.58 Å². The smallest absolute Gasteiger partial charge is 0.252 e. The Morgan fingerprint density at radius 2 is 0.900 bits per heavy atom. The Balaban J connectivity index is 1.16. The van der Waals surface area contributed by atoms with Crippen molar-refractivity contribution in [2.24, 2.45) is 0 Å². The predicted molar refractivity (Wildman–Crippen MR) is 297 cm³/mol. The fraction of sp³-hybridized carbons (Fsp3) is 0.273. The summed E-state index contributed by atoms with van der Waals surface area (Å²) >= 11 is 0. The number of hydrogen-bond donors (Lipinski definition) is 0. The second-order valence-corrected chi connectivity index (χ2v) is 24.3. The number of hydrogen-bond acceptors (Lipinski definition) is 3. The van der Waals surface area contributed by atoms with Gasteiger partial charge in [0.2, 0.25) is 0 Å². The van der Waals surface area contributed by atoms with Gasteiger partial charge in [-0.2, -0.15) is 0 Å². The summed E-state index contributed by atoms with van der Waals surface area (Å²) in [5.41, 5.74) is 27.2. The van der Waals surface area contributed by atoms with Crippen molar-refractivity contribution in [3.63, 3.8) is 0 Å². The highest BCUT2D eigenvalue weighted by atomic mass is 16.3. The number of fused-ring (bicyclic) bond motifs is 11. The molecule has 0 amide bonds. The van der Waals surface area contributed by atoms with Crippen molar-refractivity contribution in [3.05, 3.63) is 207 Å². The first-order chi connectivity index (χ1) is 33.2. The molecule has 0 N–H and O–H groups in total. The van der Waals surface area contributed by atoms with Crippen LogP contribution in [0.3, 0.4) is 0 Å². The summed E-state index contributed by atoms with van der Waals surface area (Å²) in [6, 6.07) is 56.2. The quantitative estimate of drug-likeness (QED) is 0.161. The van der Waals surface area contributed by atoms with Crippen LogP contribution in [0.5, 0.6) is 0 Å². The molecule has 0 spiro atoms. The SMILES string of the molecule is Cc1cc2c3c(c1)N(c1cccc4c1oc1ccccc14)c1cc4c(cc1B3c1cc(C(C)(C)C)ccc1N2c1cc2c(cc1C)C(C)(C)c1ccccc1C2(C)C)C(C)(C)c1ccccc1C4(C)C. The lowest BCUT2D eigenvalue weighted by Crippen LogP contribution is -2.62. The van der Waals surface area contributed by atoms with Crippen LogP contribution < -0.4 is 26.2 Å². The van der Waals surface area contributed by atoms with E-state index in [2.05, 4.69) is 245 Å². The molecule has 0 bridgehead atoms. The zero-order valence-electron chi connectivity index (χ0n) is 43.2. The molecule has 4 heteroatoms. The topological polar surface area (TPSA) is 19.6 Å². The Morgan fingerprint density at radius 1 is 0.414 bits per heavy atom. The van der Waals surface area contributed by atoms with Gasteiger partial charge in [0.1, 0.15) is 5.58 Å². The summed E-state index contributed by atoms with van der Waals surface area (Å²) in [4.78, 5) is 5.24. The van der Waals surface area contributed by atoms with E-state index in [0.717, 1.165) is 27.6 Å². The summed E-state index contributed by atoms with van der Waals surface area (Å²) in [5.74, 6) is 0. The molecule has 0 fully saturated rings. The summed E-state index contributed by atoms with van der Waals surface area (Å²) in [6.45, 7) is 31.1. The van der Waals surface area contributed by atoms with E-state index in [-0.39, 0.29) is 33.8 Å². The molecule has 4 aliphatic rings. The van der Waals surface area contributed by atoms with Crippen molar-refractivity contribution in [3.8, 4) is 0 Å². The van der Waals surface area contributed by atoms with Crippen LogP contribution in [0.15, 0.2) is 150 Å². The third-order valence-electron chi connectivity index (χ3n) is 17.7. The van der Waals surface area contributed by atoms with Crippen molar-refractivity contribution in [2.75, 3.05) is 9.80 Å². The van der Waals surface area contributed by atoms with Crippen LogP contribution in [0, 0.1) is 13.8 Å². The van der Waals surface area contributed by atoms with Crippen LogP contribution in [0.25, 0.3) is 21.9 Å². The Bertz CT molecular complexity index is 3760. The van der Waals surface area contributed by atoms with Crippen molar-refractivity contribution in [1.29, 1.82) is 0 Å². The number of nitrogens with zero attached hydrogens (tertiary/aromatic N) is 2. The van der Waals surface area contributed by atoms with E-state index in [1.807, 2.05) is 0 Å². The highest BCUT2D eigenvalue weighted by Crippen LogP contribution is 2.56. The number of para-hydroxylation sites is 2. The van der Waals surface area contributed by atoms with E-state index in [9.17, 15) is 0 Å². The van der Waals surface area contributed by atoms with Gasteiger partial charge in [0.25, 0.3) is 6.71 Å². The minimum Gasteiger partial charge on any atom is -0.454 e. The number of benzene rings is 8. The standard InChI is InChI=1S/C66H63BN2O/c1-38-31-57-60-58(32-38)69(54-27-20-22-42-41-21-14-19-28-59(41)70-61(42)54)56-37-50-48(64(8,9)44-24-16-18-26-46(44)66(50,12)13)35-52(56)67(60)51-34-40(62(3,4)5)29-30-53(51)68(57)55-36-49-47(33-39(55)2)63(6,7)43-23-15-17-25-45(43)65(49,10)11/h14-37H,1-13H3. The molecule has 346 valence electrons. The van der Waals surface area contributed by atoms with Gasteiger partial charge >= 0.3 is 0 Å². The molecule has 13 rings (SSSR count). The van der Waals surface area contributed by atoms with Crippen LogP contribution in [0.2, 0.25) is 0 Å². The van der Waals surface area contributed by atoms with Gasteiger partial charge < -0.3 is 14.2 Å². The molecule has 9 aromatic rings. The zero-order chi connectivity index (χ0) is 48.8. The molecule has 0 radical (unpaired) electrons. The maximum absolute atomic E-state index is 7.01. The van der Waals surface area contributed by atoms with Crippen LogP contribution in [0.4, 0.5) is 34.1 Å². The third-order valence-corrected chi connectivity index (χ3v) is 17.7. The monoisotopic (exact) mass is 911 g/mol. The maximum Gasteiger partial charge on any atom is 0.252 e. The normalized spacial score (nSPS) is 17.3. The van der Waals surface area contributed by atoms with E-state index < -0.39 is 0 Å². The first-order valence-electron chi connectivity index (χ1n) is 25.5. The zero-order valence-corrected chi connectivity index (χ0v) is 43.2. The lowest BCUT2D eigenvalue weighted by molar-refractivity contribution is 0.520. The van der Waals surface area contributed by atoms with Crippen LogP contribution >= 0.6 is 0 Å². The van der Waals surface area contributed by atoms with Crippen molar-refractivity contribution in [1.82, 2.24) is 0 Å². The number of aryl methyl sites for hydroxylation is 2. The molecule has 2 aliphatic carbocycles. The highest BCUT2D eigenvalue weighted by molar-refractivity contribution is 7.00. The molecule has 70 heavy (non-hydrogen) atoms. The molecule has 2 aliphatic heterocycles. The lowest BCUT2D eigenvalue weighted by atomic mass is 9.33. The Labute approximate surface area is 415 Å². The van der Waals surface area contributed by atoms with E-state index in [4.69, 9.17) is 4.42 Å². The summed E-state index contributed by atoms with van der Waals surface area (Å²) < 4.78 is 7.01. The van der Waals surface area contributed by atoms with E-state index in [1.54, 1.807) is 0 Å². The molecule has 0 unspecified atom stereocenters. The summed E-state index contributed by atoms with van der Waals surface area (Å²) in [6.07, 6.45) is 0. The van der Waals surface area contributed by atoms with Gasteiger partial charge in [-0.1, -0.05) is 179 Å². The highest BCUT2D eigenvalue weighted by Gasteiger charge is 2.49. The largest absolute Gasteiger partial charge is 0.454 e. The number of anilines is 6. The average Bonchev–Trinajstić information content (AvgIpc) is 3.71. The third kappa shape index (κ3) is 5.59. The van der Waals surface area contributed by atoms with Gasteiger partial charge in [-0.25, -0.2) is 0 Å². The Kier molecular flexibility index (Phi) is 8.63. The van der Waals surface area contributed by atoms with Gasteiger partial charge in [-0.3, -0.25) is 0 Å². The first kappa shape index (κ1) is 43.3. The molecular weight excluding hydrogens is 848 g/mol. The molecule has 8 aromatic carbocycles. The van der Waals surface area contributed by atoms with Crippen LogP contribution in [0.1, 0.15) is 137 Å². The molecule has 0 atom stereocenters. The summed E-state index contributed by atoms with van der Waals surface area (Å²) in [5, 5.41) is 2.27. The fourth-order valence-electron chi connectivity index (χ4n) is 13.8. The van der Waals surface area contributed by atoms with Crippen LogP contribution in [-0.2, 0) is 27.1 Å². The first-order valence-corrected chi connectivity index (χ1v) is 25.5. The number of furan rings is 1. The van der Waals surface area contributed by atoms with Crippen molar-refractivity contribution >= 4 is 79.2 Å². The van der Waals surface area contributed by atoms with E-state index >= 15 is 0 Å². The summed E-state index contributed by atoms with van der Waals surface area (Å²) in [7, 11) is 0. The lowest BCUT2D eigenvalue weighted by Gasteiger charge is -2.48. The minimum absolute atomic E-state index is 0.0400. The maximum atomic E-state index is 7.01. The van der Waals surface area contributed by atoms with Gasteiger partial charge in [0.05, 0.1) is 5.69 Å². The molecular formula is C66H63BN2O. The fourth-order valence-corrected chi connectivity index (χ4v) is 13.8. The van der Waals surface area contributed by atoms with Crippen molar-refractivity contribution in [2.45, 2.75) is 117 Å². The van der Waals surface area contributed by atoms with Gasteiger partial charge in [0, 0.05) is 60.9 Å². The Morgan fingerprint density at radius 3 is 1.49 bits per heavy atom. The number of rotatable bonds is 2. The predicted octanol–water partition coefficient (Wildman–Crippen LogP) is 15.5. The average molecular weight is 911 g/mol. The molecule has 3 heterocycles. The van der Waals surface area contributed by atoms with Crippen LogP contribution in [-0.4, -0.2) is 6.71 Å². The molecule has 1 aromatic heterocycles.